The molecular weight excluding hydrogens is 288 g/mol. The third kappa shape index (κ3) is 2.22. The smallest absolute Gasteiger partial charge is 0.180 e. The highest BCUT2D eigenvalue weighted by molar-refractivity contribution is 7.80. The molecule has 0 spiro atoms. The van der Waals surface area contributed by atoms with E-state index in [2.05, 4.69) is 70.3 Å². The van der Waals surface area contributed by atoms with Crippen LogP contribution < -0.4 is 0 Å². The Bertz CT molecular complexity index is 814. The van der Waals surface area contributed by atoms with Crippen molar-refractivity contribution >= 4 is 28.2 Å². The summed E-state index contributed by atoms with van der Waals surface area (Å²) in [7, 11) is 0. The highest BCUT2D eigenvalue weighted by atomic mass is 32.1. The first-order chi connectivity index (χ1) is 10.8. The number of fused-ring (bicyclic) bond motifs is 1. The van der Waals surface area contributed by atoms with Crippen molar-refractivity contribution in [2.24, 2.45) is 0 Å². The van der Waals surface area contributed by atoms with E-state index < -0.39 is 0 Å². The van der Waals surface area contributed by atoms with Crippen LogP contribution in [0.2, 0.25) is 0 Å². The molecule has 2 aromatic carbocycles. The fourth-order valence-corrected chi connectivity index (χ4v) is 3.58. The van der Waals surface area contributed by atoms with E-state index in [1.807, 2.05) is 0 Å². The van der Waals surface area contributed by atoms with Crippen LogP contribution in [0.1, 0.15) is 12.8 Å². The lowest BCUT2D eigenvalue weighted by molar-refractivity contribution is 0.514. The van der Waals surface area contributed by atoms with Crippen molar-refractivity contribution in [1.29, 1.82) is 0 Å². The summed E-state index contributed by atoms with van der Waals surface area (Å²) in [5, 5.41) is 2.19. The van der Waals surface area contributed by atoms with E-state index in [-0.39, 0.29) is 0 Å². The molecule has 1 aliphatic rings. The van der Waals surface area contributed by atoms with Crippen molar-refractivity contribution in [3.05, 3.63) is 60.8 Å². The summed E-state index contributed by atoms with van der Waals surface area (Å²) in [6.07, 6.45) is 4.68. The first-order valence-electron chi connectivity index (χ1n) is 7.79. The van der Waals surface area contributed by atoms with E-state index in [1.165, 1.54) is 34.9 Å². The van der Waals surface area contributed by atoms with Crippen molar-refractivity contribution in [2.45, 2.75) is 12.8 Å². The van der Waals surface area contributed by atoms with E-state index in [0.717, 1.165) is 18.2 Å². The normalized spacial score (nSPS) is 14.6. The van der Waals surface area contributed by atoms with Crippen molar-refractivity contribution in [1.82, 2.24) is 9.47 Å². The van der Waals surface area contributed by atoms with E-state index in [0.29, 0.717) is 0 Å². The number of hydrogen-bond acceptors (Lipinski definition) is 1. The molecule has 0 unspecified atom stereocenters. The number of hydrogen-bond donors (Lipinski definition) is 0. The van der Waals surface area contributed by atoms with Gasteiger partial charge in [-0.3, -0.25) is 4.57 Å². The monoisotopic (exact) mass is 306 g/mol. The fraction of sp³-hybridized carbons (Fsp3) is 0.211. The van der Waals surface area contributed by atoms with E-state index >= 15 is 0 Å². The molecule has 0 radical (unpaired) electrons. The topological polar surface area (TPSA) is 8.17 Å². The molecule has 2 nitrogen and oxygen atoms in total. The van der Waals surface area contributed by atoms with Gasteiger partial charge in [-0.05, 0) is 36.7 Å². The van der Waals surface area contributed by atoms with Gasteiger partial charge in [-0.25, -0.2) is 0 Å². The molecule has 0 bridgehead atoms. The van der Waals surface area contributed by atoms with Gasteiger partial charge >= 0.3 is 0 Å². The lowest BCUT2D eigenvalue weighted by Gasteiger charge is -2.19. The minimum Gasteiger partial charge on any atom is -0.349 e. The van der Waals surface area contributed by atoms with E-state index in [9.17, 15) is 0 Å². The maximum atomic E-state index is 5.76. The molecule has 0 N–H and O–H groups in total. The van der Waals surface area contributed by atoms with Crippen molar-refractivity contribution in [2.75, 3.05) is 13.1 Å². The van der Waals surface area contributed by atoms with E-state index in [1.54, 1.807) is 0 Å². The van der Waals surface area contributed by atoms with Crippen LogP contribution in [0.5, 0.6) is 0 Å². The average molecular weight is 306 g/mol. The van der Waals surface area contributed by atoms with Crippen molar-refractivity contribution < 1.29 is 0 Å². The van der Waals surface area contributed by atoms with Crippen molar-refractivity contribution in [3.8, 4) is 11.1 Å². The first kappa shape index (κ1) is 13.5. The Kier molecular flexibility index (Phi) is 3.43. The molecule has 0 amide bonds. The zero-order valence-corrected chi connectivity index (χ0v) is 13.2. The molecule has 110 valence electrons. The molecule has 1 fully saturated rings. The van der Waals surface area contributed by atoms with Gasteiger partial charge in [0.1, 0.15) is 0 Å². The molecule has 0 aliphatic carbocycles. The summed E-state index contributed by atoms with van der Waals surface area (Å²) in [5.41, 5.74) is 3.68. The standard InChI is InChI=1S/C19H18N2S/c22-19(20-12-6-7-13-20)21-14-17(15-8-2-1-3-9-15)16-10-4-5-11-18(16)21/h1-5,8-11,14H,6-7,12-13H2. The number of para-hydroxylation sites is 1. The lowest BCUT2D eigenvalue weighted by atomic mass is 10.1. The highest BCUT2D eigenvalue weighted by Gasteiger charge is 2.19. The van der Waals surface area contributed by atoms with Gasteiger partial charge in [0, 0.05) is 30.2 Å². The lowest BCUT2D eigenvalue weighted by Crippen LogP contribution is -2.31. The Morgan fingerprint density at radius 3 is 2.32 bits per heavy atom. The van der Waals surface area contributed by atoms with Gasteiger partial charge in [-0.2, -0.15) is 0 Å². The van der Waals surface area contributed by atoms with Gasteiger partial charge in [-0.15, -0.1) is 0 Å². The van der Waals surface area contributed by atoms with Crippen LogP contribution >= 0.6 is 12.2 Å². The third-order valence-electron chi connectivity index (χ3n) is 4.38. The number of rotatable bonds is 1. The number of aromatic nitrogens is 1. The summed E-state index contributed by atoms with van der Waals surface area (Å²) in [6.45, 7) is 2.15. The Hall–Kier alpha value is -2.13. The minimum atomic E-state index is 0.927. The molecule has 4 rings (SSSR count). The maximum Gasteiger partial charge on any atom is 0.180 e. The second-order valence-electron chi connectivity index (χ2n) is 5.77. The number of likely N-dealkylation sites (tertiary alicyclic amines) is 1. The van der Waals surface area contributed by atoms with Crippen LogP contribution in [0.15, 0.2) is 60.8 Å². The zero-order valence-electron chi connectivity index (χ0n) is 12.4. The van der Waals surface area contributed by atoms with Crippen LogP contribution in [-0.2, 0) is 0 Å². The molecule has 3 aromatic rings. The van der Waals surface area contributed by atoms with Crippen molar-refractivity contribution in [3.63, 3.8) is 0 Å². The van der Waals surface area contributed by atoms with Gasteiger partial charge < -0.3 is 4.90 Å². The molecule has 0 atom stereocenters. The number of benzene rings is 2. The van der Waals surface area contributed by atoms with Gasteiger partial charge in [0.25, 0.3) is 0 Å². The summed E-state index contributed by atoms with van der Waals surface area (Å²) < 4.78 is 2.18. The Labute approximate surface area is 136 Å². The second kappa shape index (κ2) is 5.58. The fourth-order valence-electron chi connectivity index (χ4n) is 3.25. The summed E-state index contributed by atoms with van der Waals surface area (Å²) in [4.78, 5) is 2.32. The Morgan fingerprint density at radius 1 is 0.864 bits per heavy atom. The molecule has 3 heteroatoms. The molecule has 0 saturated carbocycles. The molecule has 22 heavy (non-hydrogen) atoms. The maximum absolute atomic E-state index is 5.76. The first-order valence-corrected chi connectivity index (χ1v) is 8.20. The Balaban J connectivity index is 1.87. The molecule has 1 aliphatic heterocycles. The SMILES string of the molecule is S=C(N1CCCC1)n1cc(-c2ccccc2)c2ccccc21. The van der Waals surface area contributed by atoms with Crippen LogP contribution in [-0.4, -0.2) is 27.7 Å². The quantitative estimate of drug-likeness (QED) is 0.610. The number of thiocarbonyl (C=S) groups is 1. The summed E-state index contributed by atoms with van der Waals surface area (Å²) >= 11 is 5.76. The average Bonchev–Trinajstić information content (AvgIpc) is 3.23. The summed E-state index contributed by atoms with van der Waals surface area (Å²) in [6, 6.07) is 19.1. The second-order valence-corrected chi connectivity index (χ2v) is 6.14. The van der Waals surface area contributed by atoms with Crippen LogP contribution in [0.25, 0.3) is 22.0 Å². The Morgan fingerprint density at radius 2 is 1.55 bits per heavy atom. The largest absolute Gasteiger partial charge is 0.349 e. The summed E-state index contributed by atoms with van der Waals surface area (Å²) in [5.74, 6) is 0. The predicted molar refractivity (Wildman–Crippen MR) is 96.2 cm³/mol. The molecular formula is C19H18N2S. The third-order valence-corrected chi connectivity index (χ3v) is 4.83. The molecule has 1 aromatic heterocycles. The zero-order chi connectivity index (χ0) is 14.9. The predicted octanol–water partition coefficient (Wildman–Crippen LogP) is 4.54. The molecule has 1 saturated heterocycles. The molecule has 2 heterocycles. The van der Waals surface area contributed by atoms with Crippen LogP contribution in [0, 0.1) is 0 Å². The van der Waals surface area contributed by atoms with E-state index in [4.69, 9.17) is 12.2 Å². The van der Waals surface area contributed by atoms with Crippen LogP contribution in [0.4, 0.5) is 0 Å². The minimum absolute atomic E-state index is 0.927. The van der Waals surface area contributed by atoms with Gasteiger partial charge in [0.15, 0.2) is 5.11 Å². The van der Waals surface area contributed by atoms with Gasteiger partial charge in [0.05, 0.1) is 5.52 Å². The van der Waals surface area contributed by atoms with Gasteiger partial charge in [-0.1, -0.05) is 48.5 Å². The highest BCUT2D eigenvalue weighted by Crippen LogP contribution is 2.31. The van der Waals surface area contributed by atoms with Crippen LogP contribution in [0.3, 0.4) is 0 Å². The number of nitrogens with zero attached hydrogens (tertiary/aromatic N) is 2. The van der Waals surface area contributed by atoms with Gasteiger partial charge in [0.2, 0.25) is 0 Å².